The maximum atomic E-state index is 5.23. The van der Waals surface area contributed by atoms with E-state index >= 15 is 0 Å². The molecular formula is C12H16N2O. The first kappa shape index (κ1) is 9.04. The van der Waals surface area contributed by atoms with Gasteiger partial charge in [0, 0.05) is 18.3 Å². The first-order chi connectivity index (χ1) is 7.31. The predicted octanol–water partition coefficient (Wildman–Crippen LogP) is 1.40. The molecule has 0 bridgehead atoms. The van der Waals surface area contributed by atoms with Gasteiger partial charge in [-0.05, 0) is 31.0 Å². The molecule has 0 amide bonds. The zero-order chi connectivity index (χ0) is 10.3. The molecule has 80 valence electrons. The van der Waals surface area contributed by atoms with E-state index in [2.05, 4.69) is 22.8 Å². The lowest BCUT2D eigenvalue weighted by Gasteiger charge is -2.22. The summed E-state index contributed by atoms with van der Waals surface area (Å²) in [6.07, 6.45) is 2.35. The number of nitrogens with one attached hydrogen (secondary N) is 2. The zero-order valence-electron chi connectivity index (χ0n) is 8.97. The molecule has 1 aromatic rings. The van der Waals surface area contributed by atoms with E-state index < -0.39 is 0 Å². The Morgan fingerprint density at radius 2 is 2.33 bits per heavy atom. The first-order valence-corrected chi connectivity index (χ1v) is 5.47. The van der Waals surface area contributed by atoms with E-state index in [4.69, 9.17) is 4.74 Å². The lowest BCUT2D eigenvalue weighted by atomic mass is 9.94. The zero-order valence-corrected chi connectivity index (χ0v) is 8.97. The highest BCUT2D eigenvalue weighted by Gasteiger charge is 2.39. The smallest absolute Gasteiger partial charge is 0.120 e. The minimum atomic E-state index is 0.273. The van der Waals surface area contributed by atoms with Gasteiger partial charge in [0.05, 0.1) is 12.6 Å². The Balaban J connectivity index is 1.92. The molecule has 0 radical (unpaired) electrons. The van der Waals surface area contributed by atoms with Crippen LogP contribution in [-0.2, 0) is 6.42 Å². The van der Waals surface area contributed by atoms with Gasteiger partial charge in [-0.2, -0.15) is 0 Å². The number of hydrogen-bond donors (Lipinski definition) is 2. The third kappa shape index (κ3) is 1.38. The van der Waals surface area contributed by atoms with Crippen LogP contribution >= 0.6 is 0 Å². The second kappa shape index (κ2) is 3.14. The molecule has 0 aliphatic carbocycles. The maximum Gasteiger partial charge on any atom is 0.120 e. The molecular weight excluding hydrogens is 188 g/mol. The Bertz CT molecular complexity index is 383. The number of rotatable bonds is 1. The molecule has 0 aromatic heterocycles. The number of anilines is 1. The summed E-state index contributed by atoms with van der Waals surface area (Å²) in [5, 5.41) is 7.07. The Labute approximate surface area is 89.8 Å². The van der Waals surface area contributed by atoms with E-state index in [1.807, 2.05) is 6.07 Å². The lowest BCUT2D eigenvalue weighted by Crippen LogP contribution is -2.38. The van der Waals surface area contributed by atoms with Crippen LogP contribution in [0.3, 0.4) is 0 Å². The molecule has 1 unspecified atom stereocenters. The molecule has 1 saturated heterocycles. The van der Waals surface area contributed by atoms with Gasteiger partial charge in [0.2, 0.25) is 0 Å². The maximum absolute atomic E-state index is 5.23. The number of ether oxygens (including phenoxy) is 1. The van der Waals surface area contributed by atoms with Crippen LogP contribution in [0.4, 0.5) is 5.69 Å². The monoisotopic (exact) mass is 204 g/mol. The molecule has 1 spiro atoms. The molecule has 0 saturated carbocycles. The van der Waals surface area contributed by atoms with Crippen molar-refractivity contribution >= 4 is 5.69 Å². The van der Waals surface area contributed by atoms with E-state index in [-0.39, 0.29) is 5.54 Å². The summed E-state index contributed by atoms with van der Waals surface area (Å²) in [6, 6.07) is 6.32. The van der Waals surface area contributed by atoms with Crippen molar-refractivity contribution in [1.29, 1.82) is 0 Å². The highest BCUT2D eigenvalue weighted by molar-refractivity contribution is 5.62. The van der Waals surface area contributed by atoms with Gasteiger partial charge in [-0.25, -0.2) is 0 Å². The highest BCUT2D eigenvalue weighted by Crippen LogP contribution is 2.37. The van der Waals surface area contributed by atoms with Gasteiger partial charge in [-0.3, -0.25) is 0 Å². The minimum absolute atomic E-state index is 0.273. The van der Waals surface area contributed by atoms with Crippen LogP contribution in [0, 0.1) is 0 Å². The topological polar surface area (TPSA) is 33.3 Å². The summed E-state index contributed by atoms with van der Waals surface area (Å²) in [6.45, 7) is 2.20. The second-order valence-corrected chi connectivity index (χ2v) is 4.53. The summed E-state index contributed by atoms with van der Waals surface area (Å²) in [5.41, 5.74) is 2.94. The number of methoxy groups -OCH3 is 1. The van der Waals surface area contributed by atoms with E-state index in [9.17, 15) is 0 Å². The Morgan fingerprint density at radius 1 is 1.40 bits per heavy atom. The largest absolute Gasteiger partial charge is 0.497 e. The molecule has 2 aliphatic rings. The summed E-state index contributed by atoms with van der Waals surface area (Å²) < 4.78 is 5.23. The van der Waals surface area contributed by atoms with Crippen molar-refractivity contribution in [3.05, 3.63) is 23.8 Å². The Kier molecular flexibility index (Phi) is 1.89. The second-order valence-electron chi connectivity index (χ2n) is 4.53. The predicted molar refractivity (Wildman–Crippen MR) is 60.5 cm³/mol. The van der Waals surface area contributed by atoms with Crippen molar-refractivity contribution in [2.24, 2.45) is 0 Å². The van der Waals surface area contributed by atoms with Crippen molar-refractivity contribution in [3.8, 4) is 5.75 Å². The van der Waals surface area contributed by atoms with Gasteiger partial charge < -0.3 is 15.4 Å². The van der Waals surface area contributed by atoms with Gasteiger partial charge in [0.15, 0.2) is 0 Å². The fraction of sp³-hybridized carbons (Fsp3) is 0.500. The van der Waals surface area contributed by atoms with Crippen molar-refractivity contribution in [2.45, 2.75) is 18.4 Å². The number of hydrogen-bond acceptors (Lipinski definition) is 3. The minimum Gasteiger partial charge on any atom is -0.497 e. The van der Waals surface area contributed by atoms with Crippen LogP contribution in [0.5, 0.6) is 5.75 Å². The normalized spacial score (nSPS) is 27.8. The van der Waals surface area contributed by atoms with Crippen molar-refractivity contribution in [1.82, 2.24) is 5.32 Å². The Hall–Kier alpha value is -1.22. The van der Waals surface area contributed by atoms with Gasteiger partial charge in [-0.1, -0.05) is 6.07 Å². The third-order valence-electron chi connectivity index (χ3n) is 3.49. The molecule has 1 aromatic carbocycles. The lowest BCUT2D eigenvalue weighted by molar-refractivity contribution is 0.415. The Morgan fingerprint density at radius 3 is 3.07 bits per heavy atom. The molecule has 2 heterocycles. The van der Waals surface area contributed by atoms with Crippen LogP contribution in [0.2, 0.25) is 0 Å². The van der Waals surface area contributed by atoms with Crippen molar-refractivity contribution in [3.63, 3.8) is 0 Å². The van der Waals surface area contributed by atoms with Crippen molar-refractivity contribution < 1.29 is 4.74 Å². The standard InChI is InChI=1S/C12H16N2O/c1-15-10-3-2-9-7-12(4-5-13-8-12)14-11(9)6-10/h2-3,6,13-14H,4-5,7-8H2,1H3. The quantitative estimate of drug-likeness (QED) is 0.725. The SMILES string of the molecule is COc1ccc2c(c1)NC1(CCNC1)C2. The van der Waals surface area contributed by atoms with E-state index in [0.717, 1.165) is 25.3 Å². The van der Waals surface area contributed by atoms with Crippen LogP contribution in [-0.4, -0.2) is 25.7 Å². The van der Waals surface area contributed by atoms with Crippen LogP contribution in [0.25, 0.3) is 0 Å². The molecule has 3 heteroatoms. The molecule has 15 heavy (non-hydrogen) atoms. The number of fused-ring (bicyclic) bond motifs is 1. The van der Waals surface area contributed by atoms with Gasteiger partial charge >= 0.3 is 0 Å². The van der Waals surface area contributed by atoms with E-state index in [1.54, 1.807) is 7.11 Å². The van der Waals surface area contributed by atoms with Crippen LogP contribution in [0.1, 0.15) is 12.0 Å². The molecule has 2 N–H and O–H groups in total. The van der Waals surface area contributed by atoms with E-state index in [0.29, 0.717) is 0 Å². The summed E-state index contributed by atoms with van der Waals surface area (Å²) in [5.74, 6) is 0.934. The fourth-order valence-corrected chi connectivity index (χ4v) is 2.65. The van der Waals surface area contributed by atoms with Gasteiger partial charge in [0.25, 0.3) is 0 Å². The molecule has 2 aliphatic heterocycles. The summed E-state index contributed by atoms with van der Waals surface area (Å²) in [7, 11) is 1.71. The van der Waals surface area contributed by atoms with Crippen molar-refractivity contribution in [2.75, 3.05) is 25.5 Å². The van der Waals surface area contributed by atoms with E-state index in [1.165, 1.54) is 17.7 Å². The molecule has 1 atom stereocenters. The molecule has 3 nitrogen and oxygen atoms in total. The van der Waals surface area contributed by atoms with Crippen LogP contribution in [0.15, 0.2) is 18.2 Å². The summed E-state index contributed by atoms with van der Waals surface area (Å²) in [4.78, 5) is 0. The summed E-state index contributed by atoms with van der Waals surface area (Å²) >= 11 is 0. The third-order valence-corrected chi connectivity index (χ3v) is 3.49. The molecule has 1 fully saturated rings. The highest BCUT2D eigenvalue weighted by atomic mass is 16.5. The van der Waals surface area contributed by atoms with Gasteiger partial charge in [-0.15, -0.1) is 0 Å². The molecule has 3 rings (SSSR count). The van der Waals surface area contributed by atoms with Gasteiger partial charge in [0.1, 0.15) is 5.75 Å². The fourth-order valence-electron chi connectivity index (χ4n) is 2.65. The van der Waals surface area contributed by atoms with Crippen LogP contribution < -0.4 is 15.4 Å². The number of benzene rings is 1. The first-order valence-electron chi connectivity index (χ1n) is 5.47. The average Bonchev–Trinajstić information content (AvgIpc) is 2.84. The average molecular weight is 204 g/mol.